The summed E-state index contributed by atoms with van der Waals surface area (Å²) in [7, 11) is 0. The molecule has 0 N–H and O–H groups in total. The lowest BCUT2D eigenvalue weighted by Crippen LogP contribution is -2.45. The minimum Gasteiger partial charge on any atom is -0.333 e. The summed E-state index contributed by atoms with van der Waals surface area (Å²) in [5.74, 6) is 0.772. The average molecular weight is 344 g/mol. The fourth-order valence-corrected chi connectivity index (χ4v) is 4.61. The molecule has 2 aromatic heterocycles. The molecule has 4 rings (SSSR count). The Morgan fingerprint density at radius 2 is 2.12 bits per heavy atom. The normalized spacial score (nSPS) is 21.2. The Kier molecular flexibility index (Phi) is 4.16. The first kappa shape index (κ1) is 15.8. The van der Waals surface area contributed by atoms with E-state index in [1.165, 1.54) is 25.0 Å². The van der Waals surface area contributed by atoms with Crippen molar-refractivity contribution in [2.24, 2.45) is 0 Å². The molecule has 1 saturated carbocycles. The first-order valence-electron chi connectivity index (χ1n) is 8.89. The van der Waals surface area contributed by atoms with E-state index in [4.69, 9.17) is 0 Å². The van der Waals surface area contributed by atoms with Crippen molar-refractivity contribution >= 4 is 17.2 Å². The van der Waals surface area contributed by atoms with Crippen molar-refractivity contribution < 1.29 is 4.79 Å². The Labute approximate surface area is 146 Å². The lowest BCUT2D eigenvalue weighted by molar-refractivity contribution is 0.0587. The number of hydrogen-bond donors (Lipinski definition) is 0. The Balaban J connectivity index is 1.52. The molecule has 0 bridgehead atoms. The number of likely N-dealkylation sites (tertiary alicyclic amines) is 1. The van der Waals surface area contributed by atoms with E-state index in [2.05, 4.69) is 28.0 Å². The molecule has 1 aliphatic carbocycles. The number of carbonyl (C=O) groups is 1. The number of piperidine rings is 1. The average Bonchev–Trinajstić information content (AvgIpc) is 3.22. The zero-order valence-electron chi connectivity index (χ0n) is 14.4. The monoisotopic (exact) mass is 344 g/mol. The van der Waals surface area contributed by atoms with Crippen molar-refractivity contribution in [2.75, 3.05) is 6.54 Å². The van der Waals surface area contributed by atoms with Crippen molar-refractivity contribution in [2.45, 2.75) is 64.5 Å². The molecule has 3 heterocycles. The van der Waals surface area contributed by atoms with E-state index in [9.17, 15) is 4.79 Å². The maximum Gasteiger partial charge on any atom is 0.265 e. The highest BCUT2D eigenvalue weighted by molar-refractivity contribution is 7.13. The summed E-state index contributed by atoms with van der Waals surface area (Å²) in [5.41, 5.74) is 2.21. The van der Waals surface area contributed by atoms with Gasteiger partial charge in [-0.1, -0.05) is 0 Å². The summed E-state index contributed by atoms with van der Waals surface area (Å²) >= 11 is 1.60. The lowest BCUT2D eigenvalue weighted by Gasteiger charge is -2.35. The third-order valence-electron chi connectivity index (χ3n) is 5.04. The quantitative estimate of drug-likeness (QED) is 0.852. The molecule has 0 aromatic carbocycles. The number of aryl methyl sites for hydroxylation is 2. The zero-order chi connectivity index (χ0) is 16.7. The third-order valence-corrected chi connectivity index (χ3v) is 6.18. The predicted octanol–water partition coefficient (Wildman–Crippen LogP) is 3.53. The van der Waals surface area contributed by atoms with Crippen LogP contribution in [-0.2, 0) is 6.54 Å². The first-order valence-corrected chi connectivity index (χ1v) is 9.71. The molecule has 24 heavy (non-hydrogen) atoms. The van der Waals surface area contributed by atoms with Crippen LogP contribution in [0, 0.1) is 13.8 Å². The fraction of sp³-hybridized carbons (Fsp3) is 0.611. The number of thiazole rings is 1. The number of aromatic nitrogens is 3. The molecule has 5 nitrogen and oxygen atoms in total. The summed E-state index contributed by atoms with van der Waals surface area (Å²) in [6, 6.07) is 2.33. The molecule has 0 unspecified atom stereocenters. The van der Waals surface area contributed by atoms with Gasteiger partial charge in [0.1, 0.15) is 4.88 Å². The van der Waals surface area contributed by atoms with Crippen molar-refractivity contribution in [3.63, 3.8) is 0 Å². The van der Waals surface area contributed by atoms with Crippen LogP contribution in [0.2, 0.25) is 0 Å². The van der Waals surface area contributed by atoms with Gasteiger partial charge in [-0.05, 0) is 52.0 Å². The minimum absolute atomic E-state index is 0.158. The molecule has 0 radical (unpaired) electrons. The second kappa shape index (κ2) is 6.31. The largest absolute Gasteiger partial charge is 0.333 e. The maximum atomic E-state index is 13.0. The fourth-order valence-electron chi connectivity index (χ4n) is 3.56. The van der Waals surface area contributed by atoms with Crippen LogP contribution in [0.5, 0.6) is 0 Å². The molecule has 128 valence electrons. The molecule has 1 atom stereocenters. The number of nitrogens with zero attached hydrogens (tertiary/aromatic N) is 4. The number of carbonyl (C=O) groups excluding carboxylic acids is 1. The van der Waals surface area contributed by atoms with E-state index in [-0.39, 0.29) is 11.9 Å². The highest BCUT2D eigenvalue weighted by Crippen LogP contribution is 2.42. The molecule has 0 spiro atoms. The van der Waals surface area contributed by atoms with Crippen LogP contribution in [0.4, 0.5) is 0 Å². The second-order valence-electron chi connectivity index (χ2n) is 7.09. The number of hydrogen-bond acceptors (Lipinski definition) is 4. The SMILES string of the molecule is Cc1cc(C)n(C[C@@H]2CCCCN2C(=O)c2cnc(C3CC3)s2)n1. The van der Waals surface area contributed by atoms with Gasteiger partial charge in [0.25, 0.3) is 5.91 Å². The van der Waals surface area contributed by atoms with Gasteiger partial charge in [-0.3, -0.25) is 9.48 Å². The summed E-state index contributed by atoms with van der Waals surface area (Å²) in [4.78, 5) is 20.4. The molecule has 1 aliphatic heterocycles. The summed E-state index contributed by atoms with van der Waals surface area (Å²) in [6.45, 7) is 5.74. The van der Waals surface area contributed by atoms with E-state index >= 15 is 0 Å². The highest BCUT2D eigenvalue weighted by Gasteiger charge is 2.32. The Bertz CT molecular complexity index is 746. The number of amides is 1. The number of rotatable bonds is 4. The van der Waals surface area contributed by atoms with E-state index in [0.717, 1.165) is 41.5 Å². The van der Waals surface area contributed by atoms with Crippen molar-refractivity contribution in [3.05, 3.63) is 33.5 Å². The van der Waals surface area contributed by atoms with Gasteiger partial charge < -0.3 is 4.90 Å². The molecule has 2 aliphatic rings. The lowest BCUT2D eigenvalue weighted by atomic mass is 10.0. The Hall–Kier alpha value is -1.69. The second-order valence-corrected chi connectivity index (χ2v) is 8.16. The van der Waals surface area contributed by atoms with Crippen molar-refractivity contribution in [1.82, 2.24) is 19.7 Å². The minimum atomic E-state index is 0.158. The topological polar surface area (TPSA) is 51.0 Å². The van der Waals surface area contributed by atoms with Crippen molar-refractivity contribution in [3.8, 4) is 0 Å². The Morgan fingerprint density at radius 1 is 1.29 bits per heavy atom. The molecule has 1 saturated heterocycles. The van der Waals surface area contributed by atoms with Gasteiger partial charge in [-0.2, -0.15) is 5.10 Å². The van der Waals surface area contributed by atoms with Gasteiger partial charge in [-0.25, -0.2) is 4.98 Å². The van der Waals surface area contributed by atoms with Gasteiger partial charge in [0.2, 0.25) is 0 Å². The summed E-state index contributed by atoms with van der Waals surface area (Å²) < 4.78 is 2.05. The van der Waals surface area contributed by atoms with Gasteiger partial charge in [-0.15, -0.1) is 11.3 Å². The molecular formula is C18H24N4OS. The smallest absolute Gasteiger partial charge is 0.265 e. The van der Waals surface area contributed by atoms with Crippen LogP contribution < -0.4 is 0 Å². The predicted molar refractivity (Wildman–Crippen MR) is 94.5 cm³/mol. The molecule has 2 fully saturated rings. The van der Waals surface area contributed by atoms with Gasteiger partial charge in [0.15, 0.2) is 0 Å². The molecule has 6 heteroatoms. The molecule has 1 amide bonds. The van der Waals surface area contributed by atoms with Gasteiger partial charge in [0.05, 0.1) is 29.5 Å². The van der Waals surface area contributed by atoms with Gasteiger partial charge >= 0.3 is 0 Å². The first-order chi connectivity index (χ1) is 11.6. The molecule has 2 aromatic rings. The zero-order valence-corrected chi connectivity index (χ0v) is 15.2. The summed E-state index contributed by atoms with van der Waals surface area (Å²) in [5, 5.41) is 5.72. The highest BCUT2D eigenvalue weighted by atomic mass is 32.1. The van der Waals surface area contributed by atoms with Crippen LogP contribution in [0.1, 0.15) is 64.1 Å². The van der Waals surface area contributed by atoms with Gasteiger partial charge in [0, 0.05) is 18.2 Å². The van der Waals surface area contributed by atoms with E-state index in [1.807, 2.05) is 11.6 Å². The summed E-state index contributed by atoms with van der Waals surface area (Å²) in [6.07, 6.45) is 7.57. The van der Waals surface area contributed by atoms with Crippen molar-refractivity contribution in [1.29, 1.82) is 0 Å². The van der Waals surface area contributed by atoms with E-state index in [1.54, 1.807) is 17.5 Å². The van der Waals surface area contributed by atoms with Crippen LogP contribution in [0.3, 0.4) is 0 Å². The molecular weight excluding hydrogens is 320 g/mol. The standard InChI is InChI=1S/C18H24N4OS/c1-12-9-13(2)22(20-12)11-15-5-3-4-8-21(15)18(23)16-10-19-17(24-16)14-6-7-14/h9-10,14-15H,3-8,11H2,1-2H3/t15-/m0/s1. The van der Waals surface area contributed by atoms with E-state index < -0.39 is 0 Å². The Morgan fingerprint density at radius 3 is 2.83 bits per heavy atom. The third kappa shape index (κ3) is 3.11. The van der Waals surface area contributed by atoms with Crippen LogP contribution in [-0.4, -0.2) is 38.2 Å². The van der Waals surface area contributed by atoms with Crippen LogP contribution in [0.25, 0.3) is 0 Å². The van der Waals surface area contributed by atoms with E-state index in [0.29, 0.717) is 5.92 Å². The maximum absolute atomic E-state index is 13.0. The van der Waals surface area contributed by atoms with Crippen LogP contribution in [0.15, 0.2) is 12.3 Å². The van der Waals surface area contributed by atoms with Crippen LogP contribution >= 0.6 is 11.3 Å².